The molecule has 32 heavy (non-hydrogen) atoms. The molecule has 0 N–H and O–H groups in total. The van der Waals surface area contributed by atoms with E-state index in [1.165, 1.54) is 11.1 Å². The minimum atomic E-state index is -3.10. The average molecular weight is 458 g/mol. The molecule has 0 bridgehead atoms. The molecule has 0 saturated carbocycles. The summed E-state index contributed by atoms with van der Waals surface area (Å²) in [6.45, 7) is 11.0. The lowest BCUT2D eigenvalue weighted by Gasteiger charge is -2.28. The van der Waals surface area contributed by atoms with Gasteiger partial charge in [0.1, 0.15) is 5.75 Å². The highest BCUT2D eigenvalue weighted by molar-refractivity contribution is 7.91. The number of rotatable bonds is 7. The van der Waals surface area contributed by atoms with Crippen molar-refractivity contribution in [3.8, 4) is 5.75 Å². The van der Waals surface area contributed by atoms with Crippen molar-refractivity contribution in [3.05, 3.63) is 65.2 Å². The number of sulfone groups is 1. The number of amides is 1. The maximum Gasteiger partial charge on any atom is 0.261 e. The van der Waals surface area contributed by atoms with Crippen LogP contribution in [0.15, 0.2) is 48.5 Å². The Bertz CT molecular complexity index is 1020. The highest BCUT2D eigenvalue weighted by Gasteiger charge is 2.34. The molecular weight excluding hydrogens is 422 g/mol. The first-order chi connectivity index (χ1) is 14.9. The minimum absolute atomic E-state index is 0.0170. The molecule has 1 aliphatic heterocycles. The zero-order valence-electron chi connectivity index (χ0n) is 19.8. The standard InChI is InChI=1S/C26H35NO4S/c1-19(2)21-8-6-20(7-9-21)16-27(23-14-15-32(29,30)18-23)25(28)17-31-24-12-10-22(11-13-24)26(3,4)5/h6-13,19,23H,14-18H2,1-5H3. The molecule has 1 unspecified atom stereocenters. The van der Waals surface area contributed by atoms with E-state index in [0.29, 0.717) is 24.6 Å². The SMILES string of the molecule is CC(C)c1ccc(CN(C(=O)COc2ccc(C(C)(C)C)cc2)C2CCS(=O)(=O)C2)cc1. The highest BCUT2D eigenvalue weighted by atomic mass is 32.2. The third-order valence-electron chi connectivity index (χ3n) is 6.05. The van der Waals surface area contributed by atoms with Crippen LogP contribution in [0.4, 0.5) is 0 Å². The van der Waals surface area contributed by atoms with Crippen LogP contribution in [0, 0.1) is 0 Å². The Morgan fingerprint density at radius 1 is 1.06 bits per heavy atom. The Morgan fingerprint density at radius 3 is 2.19 bits per heavy atom. The van der Waals surface area contributed by atoms with Crippen LogP contribution in [0.5, 0.6) is 5.75 Å². The van der Waals surface area contributed by atoms with E-state index in [1.807, 2.05) is 36.4 Å². The highest BCUT2D eigenvalue weighted by Crippen LogP contribution is 2.25. The van der Waals surface area contributed by atoms with E-state index in [-0.39, 0.29) is 35.5 Å². The van der Waals surface area contributed by atoms with Gasteiger partial charge < -0.3 is 9.64 Å². The second-order valence-electron chi connectivity index (χ2n) is 10.0. The Kier molecular flexibility index (Phi) is 7.33. The van der Waals surface area contributed by atoms with Crippen molar-refractivity contribution in [2.45, 2.75) is 65.0 Å². The molecule has 0 aliphatic carbocycles. The van der Waals surface area contributed by atoms with Crippen LogP contribution < -0.4 is 4.74 Å². The van der Waals surface area contributed by atoms with Crippen molar-refractivity contribution in [3.63, 3.8) is 0 Å². The van der Waals surface area contributed by atoms with Crippen molar-refractivity contribution in [2.75, 3.05) is 18.1 Å². The fraction of sp³-hybridized carbons (Fsp3) is 0.500. The van der Waals surface area contributed by atoms with Gasteiger partial charge in [0.25, 0.3) is 5.91 Å². The molecule has 0 radical (unpaired) electrons. The molecule has 1 atom stereocenters. The van der Waals surface area contributed by atoms with Gasteiger partial charge in [-0.1, -0.05) is 71.0 Å². The van der Waals surface area contributed by atoms with Crippen molar-refractivity contribution in [1.82, 2.24) is 4.90 Å². The predicted molar refractivity (Wildman–Crippen MR) is 129 cm³/mol. The van der Waals surface area contributed by atoms with Gasteiger partial charge >= 0.3 is 0 Å². The van der Waals surface area contributed by atoms with Crippen molar-refractivity contribution in [2.24, 2.45) is 0 Å². The van der Waals surface area contributed by atoms with E-state index >= 15 is 0 Å². The average Bonchev–Trinajstić information content (AvgIpc) is 3.09. The number of ether oxygens (including phenoxy) is 1. The third kappa shape index (κ3) is 6.35. The van der Waals surface area contributed by atoms with Crippen molar-refractivity contribution < 1.29 is 17.9 Å². The van der Waals surface area contributed by atoms with Gasteiger partial charge in [-0.15, -0.1) is 0 Å². The molecule has 1 saturated heterocycles. The zero-order valence-corrected chi connectivity index (χ0v) is 20.6. The van der Waals surface area contributed by atoms with Crippen LogP contribution in [0.25, 0.3) is 0 Å². The first-order valence-electron chi connectivity index (χ1n) is 11.3. The largest absolute Gasteiger partial charge is 0.484 e. The second-order valence-corrected chi connectivity index (χ2v) is 12.3. The Hall–Kier alpha value is -2.34. The predicted octanol–water partition coefficient (Wildman–Crippen LogP) is 4.70. The molecule has 1 amide bonds. The first-order valence-corrected chi connectivity index (χ1v) is 13.1. The third-order valence-corrected chi connectivity index (χ3v) is 7.80. The van der Waals surface area contributed by atoms with Gasteiger partial charge in [0.05, 0.1) is 11.5 Å². The van der Waals surface area contributed by atoms with E-state index in [2.05, 4.69) is 46.8 Å². The van der Waals surface area contributed by atoms with E-state index in [4.69, 9.17) is 4.74 Å². The lowest BCUT2D eigenvalue weighted by molar-refractivity contribution is -0.136. The van der Waals surface area contributed by atoms with Gasteiger partial charge in [-0.2, -0.15) is 0 Å². The lowest BCUT2D eigenvalue weighted by Crippen LogP contribution is -2.43. The molecule has 174 valence electrons. The molecule has 5 nitrogen and oxygen atoms in total. The van der Waals surface area contributed by atoms with E-state index in [1.54, 1.807) is 4.90 Å². The van der Waals surface area contributed by atoms with Crippen LogP contribution in [-0.4, -0.2) is 43.4 Å². The van der Waals surface area contributed by atoms with Crippen molar-refractivity contribution in [1.29, 1.82) is 0 Å². The molecular formula is C26H35NO4S. The van der Waals surface area contributed by atoms with Gasteiger partial charge in [-0.3, -0.25) is 4.79 Å². The van der Waals surface area contributed by atoms with Gasteiger partial charge in [-0.05, 0) is 46.6 Å². The van der Waals surface area contributed by atoms with Crippen LogP contribution in [-0.2, 0) is 26.6 Å². The summed E-state index contributed by atoms with van der Waals surface area (Å²) in [4.78, 5) is 14.8. The Morgan fingerprint density at radius 2 is 1.69 bits per heavy atom. The second kappa shape index (κ2) is 9.65. The summed E-state index contributed by atoms with van der Waals surface area (Å²) < 4.78 is 29.9. The number of carbonyl (C=O) groups is 1. The molecule has 3 rings (SSSR count). The summed E-state index contributed by atoms with van der Waals surface area (Å²) in [6.07, 6.45) is 0.471. The zero-order chi connectivity index (χ0) is 23.5. The molecule has 1 heterocycles. The Labute approximate surface area is 192 Å². The quantitative estimate of drug-likeness (QED) is 0.604. The number of carbonyl (C=O) groups excluding carboxylic acids is 1. The number of hydrogen-bond donors (Lipinski definition) is 0. The summed E-state index contributed by atoms with van der Waals surface area (Å²) in [5.41, 5.74) is 3.46. The van der Waals surface area contributed by atoms with E-state index < -0.39 is 9.84 Å². The molecule has 1 aliphatic rings. The summed E-state index contributed by atoms with van der Waals surface area (Å²) in [6, 6.07) is 15.6. The topological polar surface area (TPSA) is 63.7 Å². The number of benzene rings is 2. The minimum Gasteiger partial charge on any atom is -0.484 e. The smallest absolute Gasteiger partial charge is 0.261 e. The van der Waals surface area contributed by atoms with Crippen LogP contribution in [0.2, 0.25) is 0 Å². The molecule has 1 fully saturated rings. The van der Waals surface area contributed by atoms with Crippen LogP contribution >= 0.6 is 0 Å². The van der Waals surface area contributed by atoms with Gasteiger partial charge in [0, 0.05) is 12.6 Å². The fourth-order valence-corrected chi connectivity index (χ4v) is 5.66. The summed E-state index contributed by atoms with van der Waals surface area (Å²) in [7, 11) is -3.10. The number of hydrogen-bond acceptors (Lipinski definition) is 4. The van der Waals surface area contributed by atoms with Gasteiger partial charge in [-0.25, -0.2) is 8.42 Å². The molecule has 0 aromatic heterocycles. The summed E-state index contributed by atoms with van der Waals surface area (Å²) in [5.74, 6) is 1.01. The maximum absolute atomic E-state index is 13.1. The molecule has 2 aromatic rings. The molecule has 0 spiro atoms. The van der Waals surface area contributed by atoms with Gasteiger partial charge in [0.15, 0.2) is 16.4 Å². The normalized spacial score (nSPS) is 18.0. The van der Waals surface area contributed by atoms with Gasteiger partial charge in [0.2, 0.25) is 0 Å². The molecule has 6 heteroatoms. The van der Waals surface area contributed by atoms with Crippen LogP contribution in [0.1, 0.15) is 63.6 Å². The van der Waals surface area contributed by atoms with Crippen molar-refractivity contribution >= 4 is 15.7 Å². The monoisotopic (exact) mass is 457 g/mol. The Balaban J connectivity index is 1.71. The first kappa shape index (κ1) is 24.3. The number of nitrogens with zero attached hydrogens (tertiary/aromatic N) is 1. The lowest BCUT2D eigenvalue weighted by atomic mass is 9.87. The maximum atomic E-state index is 13.1. The summed E-state index contributed by atoms with van der Waals surface area (Å²) in [5, 5.41) is 0. The van der Waals surface area contributed by atoms with E-state index in [9.17, 15) is 13.2 Å². The van der Waals surface area contributed by atoms with E-state index in [0.717, 1.165) is 5.56 Å². The molecule has 2 aromatic carbocycles. The fourth-order valence-electron chi connectivity index (χ4n) is 3.93. The van der Waals surface area contributed by atoms with Crippen LogP contribution in [0.3, 0.4) is 0 Å². The summed E-state index contributed by atoms with van der Waals surface area (Å²) >= 11 is 0.